The lowest BCUT2D eigenvalue weighted by Crippen LogP contribution is -2.54. The van der Waals surface area contributed by atoms with Crippen LogP contribution in [0.2, 0.25) is 0 Å². The summed E-state index contributed by atoms with van der Waals surface area (Å²) in [6.45, 7) is 1.17. The van der Waals surface area contributed by atoms with E-state index in [0.717, 1.165) is 29.2 Å². The molecule has 0 saturated carbocycles. The summed E-state index contributed by atoms with van der Waals surface area (Å²) in [5.74, 6) is 1.93. The van der Waals surface area contributed by atoms with Crippen molar-refractivity contribution in [3.8, 4) is 5.75 Å². The Balaban J connectivity index is 0.00000225. The molecule has 2 aliphatic rings. The molecule has 0 spiro atoms. The van der Waals surface area contributed by atoms with Gasteiger partial charge < -0.3 is 4.74 Å². The normalized spacial score (nSPS) is 24.4. The summed E-state index contributed by atoms with van der Waals surface area (Å²) in [6.07, 6.45) is 7.79. The zero-order valence-corrected chi connectivity index (χ0v) is 17.8. The summed E-state index contributed by atoms with van der Waals surface area (Å²) in [7, 11) is 0. The first-order valence-electron chi connectivity index (χ1n) is 10.1. The minimum absolute atomic E-state index is 0. The molecule has 2 atom stereocenters. The lowest BCUT2D eigenvalue weighted by Gasteiger charge is -2.48. The van der Waals surface area contributed by atoms with Crippen LogP contribution in [0, 0.1) is 5.82 Å². The van der Waals surface area contributed by atoms with Crippen molar-refractivity contribution in [2.24, 2.45) is 0 Å². The van der Waals surface area contributed by atoms with Crippen LogP contribution in [0.5, 0.6) is 5.75 Å². The predicted molar refractivity (Wildman–Crippen MR) is 117 cm³/mol. The Hall–Kier alpha value is -1.23. The van der Waals surface area contributed by atoms with Gasteiger partial charge in [0, 0.05) is 17.0 Å². The van der Waals surface area contributed by atoms with E-state index >= 15 is 0 Å². The maximum Gasteiger partial charge on any atom is 0.123 e. The second-order valence-corrected chi connectivity index (χ2v) is 8.82. The van der Waals surface area contributed by atoms with E-state index in [-0.39, 0.29) is 18.2 Å². The van der Waals surface area contributed by atoms with Gasteiger partial charge in [0.05, 0.1) is 0 Å². The fourth-order valence-electron chi connectivity index (χ4n) is 4.55. The van der Waals surface area contributed by atoms with Crippen molar-refractivity contribution >= 4 is 24.2 Å². The topological polar surface area (TPSA) is 12.5 Å². The summed E-state index contributed by atoms with van der Waals surface area (Å²) >= 11 is 1.83. The Labute approximate surface area is 178 Å². The molecule has 2 fully saturated rings. The molecule has 2 heterocycles. The number of piperidine rings is 2. The van der Waals surface area contributed by atoms with Gasteiger partial charge in [0.2, 0.25) is 0 Å². The molecule has 0 radical (unpaired) electrons. The Morgan fingerprint density at radius 1 is 0.964 bits per heavy atom. The fourth-order valence-corrected chi connectivity index (χ4v) is 5.39. The van der Waals surface area contributed by atoms with Gasteiger partial charge in [0.25, 0.3) is 0 Å². The van der Waals surface area contributed by atoms with Gasteiger partial charge in [-0.1, -0.05) is 24.6 Å². The molecule has 2 nitrogen and oxygen atoms in total. The number of benzene rings is 2. The first-order chi connectivity index (χ1) is 13.3. The molecule has 2 unspecified atom stereocenters. The van der Waals surface area contributed by atoms with E-state index in [1.54, 1.807) is 12.1 Å². The maximum absolute atomic E-state index is 13.0. The van der Waals surface area contributed by atoms with Crippen LogP contribution in [-0.2, 0) is 0 Å². The minimum Gasteiger partial charge on any atom is -0.490 e. The van der Waals surface area contributed by atoms with Gasteiger partial charge in [0.1, 0.15) is 17.7 Å². The van der Waals surface area contributed by atoms with Crippen molar-refractivity contribution in [3.63, 3.8) is 0 Å². The molecular weight excluding hydrogens is 393 g/mol. The van der Waals surface area contributed by atoms with Crippen LogP contribution < -0.4 is 4.74 Å². The molecule has 2 aromatic rings. The zero-order valence-electron chi connectivity index (χ0n) is 16.1. The van der Waals surface area contributed by atoms with Crippen LogP contribution in [0.1, 0.15) is 38.5 Å². The molecule has 28 heavy (non-hydrogen) atoms. The third-order valence-electron chi connectivity index (χ3n) is 5.77. The summed E-state index contributed by atoms with van der Waals surface area (Å²) < 4.78 is 19.3. The van der Waals surface area contributed by atoms with Gasteiger partial charge in [-0.25, -0.2) is 4.39 Å². The van der Waals surface area contributed by atoms with Gasteiger partial charge in [-0.2, -0.15) is 0 Å². The van der Waals surface area contributed by atoms with Crippen LogP contribution in [0.15, 0.2) is 59.5 Å². The van der Waals surface area contributed by atoms with Crippen molar-refractivity contribution < 1.29 is 9.13 Å². The van der Waals surface area contributed by atoms with Crippen molar-refractivity contribution in [1.29, 1.82) is 0 Å². The summed E-state index contributed by atoms with van der Waals surface area (Å²) in [5, 5.41) is 0. The first-order valence-corrected chi connectivity index (χ1v) is 11.1. The molecular formula is C23H29ClFNOS. The minimum atomic E-state index is -0.159. The third kappa shape index (κ3) is 5.65. The number of thioether (sulfide) groups is 1. The number of nitrogens with zero attached hydrogens (tertiary/aromatic N) is 1. The first kappa shape index (κ1) is 21.5. The van der Waals surface area contributed by atoms with Gasteiger partial charge in [-0.15, -0.1) is 24.2 Å². The molecule has 152 valence electrons. The molecule has 2 aromatic carbocycles. The number of halogens is 2. The highest BCUT2D eigenvalue weighted by Gasteiger charge is 2.38. The highest BCUT2D eigenvalue weighted by molar-refractivity contribution is 7.99. The molecule has 0 aliphatic carbocycles. The average Bonchev–Trinajstić information content (AvgIpc) is 2.67. The lowest BCUT2D eigenvalue weighted by molar-refractivity contribution is -0.0164. The second kappa shape index (κ2) is 10.5. The van der Waals surface area contributed by atoms with Crippen LogP contribution in [0.3, 0.4) is 0 Å². The van der Waals surface area contributed by atoms with Crippen molar-refractivity contribution in [2.45, 2.75) is 61.6 Å². The van der Waals surface area contributed by atoms with Crippen molar-refractivity contribution in [2.75, 3.05) is 12.3 Å². The quantitative estimate of drug-likeness (QED) is 0.390. The fraction of sp³-hybridized carbons (Fsp3) is 0.478. The lowest BCUT2D eigenvalue weighted by atomic mass is 9.82. The van der Waals surface area contributed by atoms with E-state index in [0.29, 0.717) is 18.2 Å². The molecule has 0 aromatic heterocycles. The average molecular weight is 422 g/mol. The highest BCUT2D eigenvalue weighted by atomic mass is 35.5. The second-order valence-electron chi connectivity index (χ2n) is 7.66. The number of para-hydroxylation sites is 1. The number of rotatable bonds is 7. The van der Waals surface area contributed by atoms with Crippen LogP contribution in [0.4, 0.5) is 4.39 Å². The molecule has 5 heteroatoms. The highest BCUT2D eigenvalue weighted by Crippen LogP contribution is 2.36. The molecule has 0 N–H and O–H groups in total. The Morgan fingerprint density at radius 3 is 2.32 bits per heavy atom. The predicted octanol–water partition coefficient (Wildman–Crippen LogP) is 6.19. The maximum atomic E-state index is 13.0. The van der Waals surface area contributed by atoms with E-state index in [1.807, 2.05) is 42.1 Å². The van der Waals surface area contributed by atoms with E-state index in [9.17, 15) is 4.39 Å². The Bertz CT molecular complexity index is 700. The van der Waals surface area contributed by atoms with E-state index < -0.39 is 0 Å². The van der Waals surface area contributed by atoms with Crippen molar-refractivity contribution in [3.05, 3.63) is 60.4 Å². The molecule has 4 rings (SSSR count). The SMILES string of the molecule is Cl.Fc1ccc(SCCCN2C3CCCC2CC(Oc2ccccc2)C3)cc1. The van der Waals surface area contributed by atoms with Crippen LogP contribution >= 0.6 is 24.2 Å². The molecule has 2 bridgehead atoms. The molecule has 2 aliphatic heterocycles. The molecule has 0 amide bonds. The van der Waals surface area contributed by atoms with Gasteiger partial charge in [-0.3, -0.25) is 4.90 Å². The van der Waals surface area contributed by atoms with Crippen LogP contribution in [-0.4, -0.2) is 35.4 Å². The number of ether oxygens (including phenoxy) is 1. The standard InChI is InChI=1S/C23H28FNOS.ClH/c24-18-10-12-23(13-11-18)27-15-5-14-25-19-6-4-7-20(25)17-22(16-19)26-21-8-2-1-3-9-21;/h1-3,8-13,19-20,22H,4-7,14-17H2;1H. The number of fused-ring (bicyclic) bond motifs is 2. The van der Waals surface area contributed by atoms with Crippen LogP contribution in [0.25, 0.3) is 0 Å². The summed E-state index contributed by atoms with van der Waals surface area (Å²) in [5.41, 5.74) is 0. The largest absolute Gasteiger partial charge is 0.490 e. The smallest absolute Gasteiger partial charge is 0.123 e. The molecule has 2 saturated heterocycles. The van der Waals surface area contributed by atoms with E-state index in [2.05, 4.69) is 17.0 Å². The van der Waals surface area contributed by atoms with E-state index in [4.69, 9.17) is 4.74 Å². The van der Waals surface area contributed by atoms with Gasteiger partial charge in [0.15, 0.2) is 0 Å². The van der Waals surface area contributed by atoms with Gasteiger partial charge >= 0.3 is 0 Å². The Kier molecular flexibility index (Phi) is 8.07. The summed E-state index contributed by atoms with van der Waals surface area (Å²) in [4.78, 5) is 3.91. The van der Waals surface area contributed by atoms with E-state index in [1.165, 1.54) is 32.2 Å². The number of hydrogen-bond donors (Lipinski definition) is 0. The monoisotopic (exact) mass is 421 g/mol. The van der Waals surface area contributed by atoms with Gasteiger partial charge in [-0.05, 0) is 80.8 Å². The third-order valence-corrected chi connectivity index (χ3v) is 6.87. The number of hydrogen-bond acceptors (Lipinski definition) is 3. The van der Waals surface area contributed by atoms with Crippen molar-refractivity contribution in [1.82, 2.24) is 4.90 Å². The zero-order chi connectivity index (χ0) is 18.5. The summed E-state index contributed by atoms with van der Waals surface area (Å²) in [6, 6.07) is 18.4. The Morgan fingerprint density at radius 2 is 1.64 bits per heavy atom.